The number of carbonyl (C=O) groups is 5. The SMILES string of the molecule is CC(C)C(NC(=O)C(CC(=O)O)NC(=O)C1CCCN1)C(=O)NC(Cc1ccc(O)cc1)C(=O)O. The van der Waals surface area contributed by atoms with Crippen LogP contribution in [0.4, 0.5) is 0 Å². The quantitative estimate of drug-likeness (QED) is 0.199. The van der Waals surface area contributed by atoms with Crippen molar-refractivity contribution >= 4 is 29.7 Å². The fraction of sp³-hybridized carbons (Fsp3) is 0.522. The summed E-state index contributed by atoms with van der Waals surface area (Å²) in [5, 5.41) is 38.4. The van der Waals surface area contributed by atoms with Crippen molar-refractivity contribution in [3.8, 4) is 5.75 Å². The van der Waals surface area contributed by atoms with Gasteiger partial charge in [0.2, 0.25) is 17.7 Å². The minimum Gasteiger partial charge on any atom is -0.508 e. The van der Waals surface area contributed by atoms with Gasteiger partial charge in [-0.15, -0.1) is 0 Å². The molecule has 12 nitrogen and oxygen atoms in total. The van der Waals surface area contributed by atoms with Gasteiger partial charge >= 0.3 is 11.9 Å². The van der Waals surface area contributed by atoms with Gasteiger partial charge in [-0.3, -0.25) is 19.2 Å². The van der Waals surface area contributed by atoms with Crippen LogP contribution in [0.25, 0.3) is 0 Å². The molecule has 7 N–H and O–H groups in total. The molecular formula is C23H32N4O8. The molecule has 1 aliphatic rings. The Kier molecular flexibility index (Phi) is 10.0. The highest BCUT2D eigenvalue weighted by atomic mass is 16.4. The van der Waals surface area contributed by atoms with Gasteiger partial charge in [0.15, 0.2) is 0 Å². The van der Waals surface area contributed by atoms with E-state index >= 15 is 0 Å². The highest BCUT2D eigenvalue weighted by molar-refractivity contribution is 5.95. The van der Waals surface area contributed by atoms with Gasteiger partial charge in [0, 0.05) is 6.42 Å². The molecular weight excluding hydrogens is 460 g/mol. The fourth-order valence-corrected chi connectivity index (χ4v) is 3.68. The third kappa shape index (κ3) is 8.56. The molecule has 1 aliphatic heterocycles. The van der Waals surface area contributed by atoms with E-state index in [-0.39, 0.29) is 12.2 Å². The summed E-state index contributed by atoms with van der Waals surface area (Å²) < 4.78 is 0. The van der Waals surface area contributed by atoms with Crippen LogP contribution in [0.15, 0.2) is 24.3 Å². The van der Waals surface area contributed by atoms with E-state index in [2.05, 4.69) is 21.3 Å². The fourth-order valence-electron chi connectivity index (χ4n) is 3.68. The lowest BCUT2D eigenvalue weighted by atomic mass is 10.0. The smallest absolute Gasteiger partial charge is 0.326 e. The van der Waals surface area contributed by atoms with E-state index in [1.54, 1.807) is 13.8 Å². The first kappa shape index (κ1) is 27.6. The molecule has 2 rings (SSSR count). The van der Waals surface area contributed by atoms with Gasteiger partial charge in [-0.05, 0) is 43.0 Å². The lowest BCUT2D eigenvalue weighted by Crippen LogP contribution is -2.58. The Hall–Kier alpha value is -3.67. The number of nitrogens with one attached hydrogen (secondary N) is 4. The predicted molar refractivity (Wildman–Crippen MR) is 123 cm³/mol. The van der Waals surface area contributed by atoms with Crippen LogP contribution < -0.4 is 21.3 Å². The number of aromatic hydroxyl groups is 1. The van der Waals surface area contributed by atoms with Gasteiger partial charge in [0.05, 0.1) is 12.5 Å². The van der Waals surface area contributed by atoms with Crippen LogP contribution >= 0.6 is 0 Å². The van der Waals surface area contributed by atoms with E-state index in [9.17, 15) is 39.3 Å². The standard InChI is InChI=1S/C23H32N4O8/c1-12(2)19(22(33)26-17(23(34)35)10-13-5-7-14(28)8-6-13)27-21(32)16(11-18(29)30)25-20(31)15-4-3-9-24-15/h5-8,12,15-17,19,24,28H,3-4,9-11H2,1-2H3,(H,25,31)(H,26,33)(H,27,32)(H,29,30)(H,34,35). The second-order valence-electron chi connectivity index (χ2n) is 8.81. The number of phenolic OH excluding ortho intramolecular Hbond substituents is 1. The number of hydrogen-bond donors (Lipinski definition) is 7. The van der Waals surface area contributed by atoms with E-state index in [0.717, 1.165) is 6.42 Å². The Bertz CT molecular complexity index is 928. The zero-order valence-corrected chi connectivity index (χ0v) is 19.6. The van der Waals surface area contributed by atoms with Gasteiger partial charge < -0.3 is 36.6 Å². The molecule has 0 bridgehead atoms. The Labute approximate surface area is 202 Å². The molecule has 0 radical (unpaired) electrons. The first-order chi connectivity index (χ1) is 16.5. The van der Waals surface area contributed by atoms with Crippen molar-refractivity contribution in [1.29, 1.82) is 0 Å². The first-order valence-corrected chi connectivity index (χ1v) is 11.3. The first-order valence-electron chi connectivity index (χ1n) is 11.3. The Balaban J connectivity index is 2.09. The molecule has 3 amide bonds. The number of carbonyl (C=O) groups excluding carboxylic acids is 3. The van der Waals surface area contributed by atoms with E-state index in [1.165, 1.54) is 24.3 Å². The number of carboxylic acids is 2. The van der Waals surface area contributed by atoms with Gasteiger partial charge in [0.25, 0.3) is 0 Å². The van der Waals surface area contributed by atoms with Crippen LogP contribution in [0.3, 0.4) is 0 Å². The molecule has 0 spiro atoms. The molecule has 4 atom stereocenters. The molecule has 192 valence electrons. The maximum atomic E-state index is 12.9. The average molecular weight is 493 g/mol. The second kappa shape index (κ2) is 12.7. The van der Waals surface area contributed by atoms with Crippen molar-refractivity contribution in [1.82, 2.24) is 21.3 Å². The van der Waals surface area contributed by atoms with Crippen LogP contribution in [0.1, 0.15) is 38.7 Å². The van der Waals surface area contributed by atoms with Crippen molar-refractivity contribution in [3.05, 3.63) is 29.8 Å². The number of aliphatic carboxylic acids is 2. The maximum absolute atomic E-state index is 12.9. The van der Waals surface area contributed by atoms with Crippen molar-refractivity contribution in [2.24, 2.45) is 5.92 Å². The normalized spacial score (nSPS) is 17.7. The average Bonchev–Trinajstić information content (AvgIpc) is 3.32. The molecule has 0 aliphatic carbocycles. The molecule has 1 aromatic carbocycles. The van der Waals surface area contributed by atoms with Crippen LogP contribution in [0.5, 0.6) is 5.75 Å². The Morgan fingerprint density at radius 2 is 1.63 bits per heavy atom. The molecule has 12 heteroatoms. The molecule has 35 heavy (non-hydrogen) atoms. The molecule has 0 saturated carbocycles. The number of amides is 3. The summed E-state index contributed by atoms with van der Waals surface area (Å²) >= 11 is 0. The minimum absolute atomic E-state index is 0.0129. The molecule has 1 fully saturated rings. The zero-order chi connectivity index (χ0) is 26.1. The summed E-state index contributed by atoms with van der Waals surface area (Å²) in [6.45, 7) is 3.90. The van der Waals surface area contributed by atoms with Crippen LogP contribution in [0, 0.1) is 5.92 Å². The molecule has 1 heterocycles. The Morgan fingerprint density at radius 3 is 2.14 bits per heavy atom. The number of benzene rings is 1. The van der Waals surface area contributed by atoms with Gasteiger partial charge in [0.1, 0.15) is 23.9 Å². The number of hydrogen-bond acceptors (Lipinski definition) is 7. The van der Waals surface area contributed by atoms with Gasteiger partial charge in [-0.25, -0.2) is 4.79 Å². The second-order valence-corrected chi connectivity index (χ2v) is 8.81. The van der Waals surface area contributed by atoms with E-state index in [0.29, 0.717) is 18.5 Å². The molecule has 0 aromatic heterocycles. The maximum Gasteiger partial charge on any atom is 0.326 e. The molecule has 1 saturated heterocycles. The van der Waals surface area contributed by atoms with Crippen molar-refractivity contribution in [2.75, 3.05) is 6.54 Å². The third-order valence-corrected chi connectivity index (χ3v) is 5.63. The number of phenols is 1. The van der Waals surface area contributed by atoms with E-state index < -0.39 is 66.2 Å². The monoisotopic (exact) mass is 492 g/mol. The van der Waals surface area contributed by atoms with Crippen LogP contribution in [-0.2, 0) is 30.4 Å². The summed E-state index contributed by atoms with van der Waals surface area (Å²) in [4.78, 5) is 61.2. The largest absolute Gasteiger partial charge is 0.508 e. The zero-order valence-electron chi connectivity index (χ0n) is 19.6. The van der Waals surface area contributed by atoms with Gasteiger partial charge in [-0.2, -0.15) is 0 Å². The summed E-state index contributed by atoms with van der Waals surface area (Å²) in [5.41, 5.74) is 0.561. The highest BCUT2D eigenvalue weighted by Crippen LogP contribution is 2.12. The summed E-state index contributed by atoms with van der Waals surface area (Å²) in [5.74, 6) is -5.20. The minimum atomic E-state index is -1.41. The Morgan fingerprint density at radius 1 is 0.971 bits per heavy atom. The lowest BCUT2D eigenvalue weighted by Gasteiger charge is -2.26. The molecule has 4 unspecified atom stereocenters. The lowest BCUT2D eigenvalue weighted by molar-refractivity contribution is -0.143. The van der Waals surface area contributed by atoms with Crippen molar-refractivity contribution in [2.45, 2.75) is 63.7 Å². The third-order valence-electron chi connectivity index (χ3n) is 5.63. The number of rotatable bonds is 12. The topological polar surface area (TPSA) is 194 Å². The predicted octanol–water partition coefficient (Wildman–Crippen LogP) is -0.644. The molecule has 1 aromatic rings. The highest BCUT2D eigenvalue weighted by Gasteiger charge is 2.33. The van der Waals surface area contributed by atoms with E-state index in [4.69, 9.17) is 0 Å². The van der Waals surface area contributed by atoms with Gasteiger partial charge in [-0.1, -0.05) is 26.0 Å². The van der Waals surface area contributed by atoms with Crippen LogP contribution in [-0.4, -0.2) is 75.7 Å². The van der Waals surface area contributed by atoms with Crippen LogP contribution in [0.2, 0.25) is 0 Å². The number of carboxylic acid groups (broad SMARTS) is 2. The van der Waals surface area contributed by atoms with Crippen molar-refractivity contribution < 1.29 is 39.3 Å². The summed E-state index contributed by atoms with van der Waals surface area (Å²) in [6, 6.07) is 1.41. The summed E-state index contributed by atoms with van der Waals surface area (Å²) in [7, 11) is 0. The summed E-state index contributed by atoms with van der Waals surface area (Å²) in [6.07, 6.45) is 0.585. The van der Waals surface area contributed by atoms with E-state index in [1.807, 2.05) is 0 Å². The van der Waals surface area contributed by atoms with Crippen molar-refractivity contribution in [3.63, 3.8) is 0 Å².